The number of amides is 1. The van der Waals surface area contributed by atoms with Gasteiger partial charge in [0.15, 0.2) is 6.61 Å². The Kier molecular flexibility index (Phi) is 6.97. The number of nitrogens with one attached hydrogen (secondary N) is 1. The molecule has 0 aromatic heterocycles. The fraction of sp³-hybridized carbons (Fsp3) is 0.409. The van der Waals surface area contributed by atoms with Crippen molar-refractivity contribution in [2.24, 2.45) is 0 Å². The quantitative estimate of drug-likeness (QED) is 0.773. The summed E-state index contributed by atoms with van der Waals surface area (Å²) in [6, 6.07) is 18.0. The molecule has 1 amide bonds. The molecule has 3 rings (SSSR count). The van der Waals surface area contributed by atoms with Gasteiger partial charge >= 0.3 is 0 Å². The van der Waals surface area contributed by atoms with Gasteiger partial charge in [0.1, 0.15) is 11.5 Å². The molecule has 0 unspecified atom stereocenters. The highest BCUT2D eigenvalue weighted by Gasteiger charge is 2.20. The molecule has 2 aromatic rings. The lowest BCUT2D eigenvalue weighted by Crippen LogP contribution is -2.46. The maximum Gasteiger partial charge on any atom is 0.258 e. The van der Waals surface area contributed by atoms with E-state index >= 15 is 0 Å². The van der Waals surface area contributed by atoms with Crippen molar-refractivity contribution in [1.29, 1.82) is 0 Å². The summed E-state index contributed by atoms with van der Waals surface area (Å²) in [5.41, 5.74) is 1.25. The summed E-state index contributed by atoms with van der Waals surface area (Å²) in [6.45, 7) is 4.71. The molecule has 1 fully saturated rings. The van der Waals surface area contributed by atoms with Gasteiger partial charge in [-0.15, -0.1) is 0 Å². The zero-order chi connectivity index (χ0) is 18.9. The zero-order valence-corrected chi connectivity index (χ0v) is 15.9. The molecule has 0 bridgehead atoms. The lowest BCUT2D eigenvalue weighted by atomic mass is 10.0. The van der Waals surface area contributed by atoms with Crippen LogP contribution in [0.3, 0.4) is 0 Å². The number of rotatable bonds is 8. The molecule has 0 aliphatic carbocycles. The third-order valence-electron chi connectivity index (χ3n) is 4.65. The second kappa shape index (κ2) is 9.86. The second-order valence-electron chi connectivity index (χ2n) is 6.77. The van der Waals surface area contributed by atoms with Gasteiger partial charge < -0.3 is 19.7 Å². The Balaban J connectivity index is 1.37. The van der Waals surface area contributed by atoms with Crippen LogP contribution < -0.4 is 19.7 Å². The second-order valence-corrected chi connectivity index (χ2v) is 6.77. The van der Waals surface area contributed by atoms with Crippen LogP contribution in [-0.4, -0.2) is 38.3 Å². The number of anilines is 1. The number of piperidine rings is 1. The highest BCUT2D eigenvalue weighted by Crippen LogP contribution is 2.20. The number of carbonyl (C=O) groups is 1. The molecule has 5 heteroatoms. The molecule has 1 N–H and O–H groups in total. The number of ether oxygens (including phenoxy) is 2. The molecule has 1 heterocycles. The molecular formula is C22H28N2O3. The summed E-state index contributed by atoms with van der Waals surface area (Å²) < 4.78 is 11.1. The van der Waals surface area contributed by atoms with Crippen LogP contribution in [0, 0.1) is 0 Å². The minimum atomic E-state index is -0.0699. The van der Waals surface area contributed by atoms with Crippen molar-refractivity contribution in [3.8, 4) is 11.5 Å². The summed E-state index contributed by atoms with van der Waals surface area (Å²) in [7, 11) is 0. The first-order valence-corrected chi connectivity index (χ1v) is 9.69. The van der Waals surface area contributed by atoms with Crippen molar-refractivity contribution in [2.45, 2.75) is 32.2 Å². The van der Waals surface area contributed by atoms with Gasteiger partial charge in [-0.25, -0.2) is 0 Å². The number of carbonyl (C=O) groups excluding carboxylic acids is 1. The van der Waals surface area contributed by atoms with Gasteiger partial charge in [-0.1, -0.05) is 25.1 Å². The third-order valence-corrected chi connectivity index (χ3v) is 4.65. The van der Waals surface area contributed by atoms with Crippen LogP contribution in [0.1, 0.15) is 26.2 Å². The lowest BCUT2D eigenvalue weighted by Gasteiger charge is -2.33. The minimum absolute atomic E-state index is 0.0358. The number of benzene rings is 2. The summed E-state index contributed by atoms with van der Waals surface area (Å²) in [6.07, 6.45) is 2.87. The van der Waals surface area contributed by atoms with E-state index in [0.717, 1.165) is 38.1 Å². The molecule has 0 spiro atoms. The maximum atomic E-state index is 12.2. The predicted octanol–water partition coefficient (Wildman–Crippen LogP) is 3.64. The Morgan fingerprint density at radius 3 is 2.26 bits per heavy atom. The van der Waals surface area contributed by atoms with Crippen LogP contribution in [0.25, 0.3) is 0 Å². The fourth-order valence-electron chi connectivity index (χ4n) is 3.19. The van der Waals surface area contributed by atoms with E-state index in [1.54, 1.807) is 0 Å². The standard InChI is InChI=1S/C22H28N2O3/c1-2-16-26-20-8-10-21(11-9-20)27-17-22(25)23-18-12-14-24(15-13-18)19-6-4-3-5-7-19/h3-11,18H,2,12-17H2,1H3,(H,23,25). The van der Waals surface area contributed by atoms with E-state index in [9.17, 15) is 4.79 Å². The Morgan fingerprint density at radius 1 is 1.00 bits per heavy atom. The van der Waals surface area contributed by atoms with Gasteiger partial charge in [0.25, 0.3) is 5.91 Å². The van der Waals surface area contributed by atoms with Crippen LogP contribution >= 0.6 is 0 Å². The van der Waals surface area contributed by atoms with Crippen molar-refractivity contribution in [3.63, 3.8) is 0 Å². The minimum Gasteiger partial charge on any atom is -0.494 e. The molecule has 1 saturated heterocycles. The maximum absolute atomic E-state index is 12.2. The van der Waals surface area contributed by atoms with E-state index in [1.165, 1.54) is 5.69 Å². The Hall–Kier alpha value is -2.69. The molecule has 0 radical (unpaired) electrons. The summed E-state index contributed by atoms with van der Waals surface area (Å²) in [5, 5.41) is 3.09. The Morgan fingerprint density at radius 2 is 1.63 bits per heavy atom. The van der Waals surface area contributed by atoms with Crippen molar-refractivity contribution in [1.82, 2.24) is 5.32 Å². The van der Waals surface area contributed by atoms with E-state index in [1.807, 2.05) is 30.3 Å². The van der Waals surface area contributed by atoms with Crippen molar-refractivity contribution in [3.05, 3.63) is 54.6 Å². The highest BCUT2D eigenvalue weighted by atomic mass is 16.5. The SMILES string of the molecule is CCCOc1ccc(OCC(=O)NC2CCN(c3ccccc3)CC2)cc1. The highest BCUT2D eigenvalue weighted by molar-refractivity contribution is 5.77. The van der Waals surface area contributed by atoms with Gasteiger partial charge in [0.05, 0.1) is 6.61 Å². The van der Waals surface area contributed by atoms with Crippen LogP contribution in [-0.2, 0) is 4.79 Å². The molecule has 2 aromatic carbocycles. The molecule has 0 saturated carbocycles. The van der Waals surface area contributed by atoms with Crippen LogP contribution in [0.15, 0.2) is 54.6 Å². The average Bonchev–Trinajstić information content (AvgIpc) is 2.73. The van der Waals surface area contributed by atoms with E-state index < -0.39 is 0 Å². The van der Waals surface area contributed by atoms with E-state index in [2.05, 4.69) is 41.4 Å². The smallest absolute Gasteiger partial charge is 0.258 e. The summed E-state index contributed by atoms with van der Waals surface area (Å²) in [4.78, 5) is 14.5. The fourth-order valence-corrected chi connectivity index (χ4v) is 3.19. The van der Waals surface area contributed by atoms with Crippen LogP contribution in [0.2, 0.25) is 0 Å². The molecular weight excluding hydrogens is 340 g/mol. The summed E-state index contributed by atoms with van der Waals surface area (Å²) >= 11 is 0. The molecule has 5 nitrogen and oxygen atoms in total. The Labute approximate surface area is 161 Å². The first kappa shape index (κ1) is 19.1. The molecule has 0 atom stereocenters. The van der Waals surface area contributed by atoms with Gasteiger partial charge in [-0.3, -0.25) is 4.79 Å². The third kappa shape index (κ3) is 5.91. The average molecular weight is 368 g/mol. The van der Waals surface area contributed by atoms with Crippen LogP contribution in [0.5, 0.6) is 11.5 Å². The molecule has 144 valence electrons. The Bertz CT molecular complexity index is 695. The predicted molar refractivity (Wildman–Crippen MR) is 108 cm³/mol. The van der Waals surface area contributed by atoms with E-state index in [4.69, 9.17) is 9.47 Å². The molecule has 1 aliphatic heterocycles. The number of nitrogens with zero attached hydrogens (tertiary/aromatic N) is 1. The number of hydrogen-bond donors (Lipinski definition) is 1. The first-order valence-electron chi connectivity index (χ1n) is 9.69. The topological polar surface area (TPSA) is 50.8 Å². The van der Waals surface area contributed by atoms with Crippen molar-refractivity contribution >= 4 is 11.6 Å². The summed E-state index contributed by atoms with van der Waals surface area (Å²) in [5.74, 6) is 1.42. The van der Waals surface area contributed by atoms with Crippen LogP contribution in [0.4, 0.5) is 5.69 Å². The normalized spacial score (nSPS) is 14.6. The van der Waals surface area contributed by atoms with E-state index in [-0.39, 0.29) is 18.6 Å². The van der Waals surface area contributed by atoms with Gasteiger partial charge in [0, 0.05) is 24.8 Å². The molecule has 1 aliphatic rings. The van der Waals surface area contributed by atoms with Gasteiger partial charge in [-0.2, -0.15) is 0 Å². The first-order chi connectivity index (χ1) is 13.2. The van der Waals surface area contributed by atoms with Crippen molar-refractivity contribution < 1.29 is 14.3 Å². The zero-order valence-electron chi connectivity index (χ0n) is 15.9. The largest absolute Gasteiger partial charge is 0.494 e. The monoisotopic (exact) mass is 368 g/mol. The number of para-hydroxylation sites is 1. The van der Waals surface area contributed by atoms with Crippen molar-refractivity contribution in [2.75, 3.05) is 31.2 Å². The number of hydrogen-bond acceptors (Lipinski definition) is 4. The lowest BCUT2D eigenvalue weighted by molar-refractivity contribution is -0.123. The van der Waals surface area contributed by atoms with Gasteiger partial charge in [-0.05, 0) is 55.7 Å². The molecule has 27 heavy (non-hydrogen) atoms. The van der Waals surface area contributed by atoms with E-state index in [0.29, 0.717) is 12.4 Å². The van der Waals surface area contributed by atoms with Gasteiger partial charge in [0.2, 0.25) is 0 Å².